The first-order valence-corrected chi connectivity index (χ1v) is 11.6. The summed E-state index contributed by atoms with van der Waals surface area (Å²) in [7, 11) is 1.33. The van der Waals surface area contributed by atoms with Gasteiger partial charge < -0.3 is 14.6 Å². The number of benzene rings is 2. The van der Waals surface area contributed by atoms with E-state index in [1.54, 1.807) is 36.7 Å². The van der Waals surface area contributed by atoms with Crippen LogP contribution in [0.25, 0.3) is 11.4 Å². The van der Waals surface area contributed by atoms with Crippen LogP contribution in [0, 0.1) is 0 Å². The Kier molecular flexibility index (Phi) is 7.90. The van der Waals surface area contributed by atoms with Crippen LogP contribution >= 0.6 is 11.8 Å². The Morgan fingerprint density at radius 3 is 2.56 bits per heavy atom. The number of hydrogen-bond donors (Lipinski definition) is 1. The fourth-order valence-electron chi connectivity index (χ4n) is 3.23. The average Bonchev–Trinajstić information content (AvgIpc) is 3.29. The minimum absolute atomic E-state index is 0.104. The Balaban J connectivity index is 1.41. The third-order valence-electron chi connectivity index (χ3n) is 4.94. The van der Waals surface area contributed by atoms with E-state index >= 15 is 0 Å². The van der Waals surface area contributed by atoms with Gasteiger partial charge in [0.2, 0.25) is 0 Å². The second-order valence-electron chi connectivity index (χ2n) is 7.41. The molecule has 2 aromatic heterocycles. The normalized spacial score (nSPS) is 11.7. The van der Waals surface area contributed by atoms with Crippen molar-refractivity contribution in [2.45, 2.75) is 17.8 Å². The minimum Gasteiger partial charge on any atom is -0.491 e. The van der Waals surface area contributed by atoms with E-state index in [9.17, 15) is 9.90 Å². The zero-order chi connectivity index (χ0) is 23.8. The Bertz CT molecular complexity index is 1200. The van der Waals surface area contributed by atoms with Crippen LogP contribution in [0.5, 0.6) is 5.75 Å². The van der Waals surface area contributed by atoms with E-state index in [1.165, 1.54) is 18.9 Å². The van der Waals surface area contributed by atoms with Gasteiger partial charge in [0.15, 0.2) is 11.0 Å². The van der Waals surface area contributed by atoms with Gasteiger partial charge in [-0.3, -0.25) is 9.55 Å². The highest BCUT2D eigenvalue weighted by Gasteiger charge is 2.17. The summed E-state index contributed by atoms with van der Waals surface area (Å²) in [6.07, 6.45) is 2.75. The van der Waals surface area contributed by atoms with Crippen molar-refractivity contribution in [2.75, 3.05) is 19.5 Å². The van der Waals surface area contributed by atoms with E-state index in [0.717, 1.165) is 17.0 Å². The molecule has 0 saturated heterocycles. The smallest absolute Gasteiger partial charge is 0.337 e. The molecule has 0 radical (unpaired) electrons. The van der Waals surface area contributed by atoms with Gasteiger partial charge in [0, 0.05) is 23.7 Å². The molecule has 1 N–H and O–H groups in total. The third kappa shape index (κ3) is 6.00. The maximum absolute atomic E-state index is 11.5. The van der Waals surface area contributed by atoms with Gasteiger partial charge in [-0.1, -0.05) is 42.1 Å². The summed E-state index contributed by atoms with van der Waals surface area (Å²) in [6.45, 7) is 0.701. The molecule has 0 spiro atoms. The van der Waals surface area contributed by atoms with E-state index in [1.807, 2.05) is 34.9 Å². The molecule has 2 heterocycles. The van der Waals surface area contributed by atoms with Crippen LogP contribution in [0.4, 0.5) is 0 Å². The molecular formula is C25H24N4O4S. The lowest BCUT2D eigenvalue weighted by Gasteiger charge is -2.13. The lowest BCUT2D eigenvalue weighted by molar-refractivity contribution is 0.0600. The quantitative estimate of drug-likeness (QED) is 0.273. The number of aliphatic hydroxyl groups is 1. The lowest BCUT2D eigenvalue weighted by atomic mass is 10.2. The molecule has 34 heavy (non-hydrogen) atoms. The van der Waals surface area contributed by atoms with Crippen LogP contribution in [0.3, 0.4) is 0 Å². The predicted molar refractivity (Wildman–Crippen MR) is 129 cm³/mol. The summed E-state index contributed by atoms with van der Waals surface area (Å²) < 4.78 is 12.4. The van der Waals surface area contributed by atoms with Gasteiger partial charge in [0.1, 0.15) is 12.4 Å². The molecule has 0 amide bonds. The molecule has 0 bridgehead atoms. The van der Waals surface area contributed by atoms with E-state index in [0.29, 0.717) is 28.8 Å². The number of pyridine rings is 1. The monoisotopic (exact) mass is 476 g/mol. The number of carbonyl (C=O) groups is 1. The van der Waals surface area contributed by atoms with Gasteiger partial charge in [0.25, 0.3) is 0 Å². The minimum atomic E-state index is -0.728. The summed E-state index contributed by atoms with van der Waals surface area (Å²) in [4.78, 5) is 15.7. The second-order valence-corrected chi connectivity index (χ2v) is 8.40. The molecule has 9 heteroatoms. The van der Waals surface area contributed by atoms with Crippen molar-refractivity contribution >= 4 is 17.7 Å². The molecular weight excluding hydrogens is 452 g/mol. The number of carbonyl (C=O) groups excluding carboxylic acids is 1. The summed E-state index contributed by atoms with van der Waals surface area (Å²) in [5.41, 5.74) is 2.43. The summed E-state index contributed by atoms with van der Waals surface area (Å²) in [5, 5.41) is 19.9. The fourth-order valence-corrected chi connectivity index (χ4v) is 4.07. The number of thioether (sulfide) groups is 1. The number of methoxy groups -OCH3 is 1. The molecule has 174 valence electrons. The first kappa shape index (κ1) is 23.5. The number of ether oxygens (including phenoxy) is 2. The first-order chi connectivity index (χ1) is 16.6. The van der Waals surface area contributed by atoms with Crippen molar-refractivity contribution < 1.29 is 19.4 Å². The topological polar surface area (TPSA) is 99.4 Å². The highest BCUT2D eigenvalue weighted by Crippen LogP contribution is 2.25. The SMILES string of the molecule is COC(=O)c1ccc(OCC(O)CSc2nnc(-c3cccnc3)n2Cc2ccccc2)cc1. The standard InChI is InChI=1S/C25H24N4O4S/c1-32-24(31)19-9-11-22(12-10-19)33-16-21(30)17-34-25-28-27-23(20-8-5-13-26-14-20)29(25)15-18-6-3-2-4-7-18/h2-14,21,30H,15-17H2,1H3. The van der Waals surface area contributed by atoms with Crippen molar-refractivity contribution in [1.82, 2.24) is 19.7 Å². The van der Waals surface area contributed by atoms with Crippen molar-refractivity contribution in [1.29, 1.82) is 0 Å². The highest BCUT2D eigenvalue weighted by molar-refractivity contribution is 7.99. The van der Waals surface area contributed by atoms with E-state index in [2.05, 4.69) is 32.1 Å². The molecule has 0 aliphatic heterocycles. The van der Waals surface area contributed by atoms with Crippen molar-refractivity contribution in [3.8, 4) is 17.1 Å². The molecule has 4 aromatic rings. The number of nitrogens with zero attached hydrogens (tertiary/aromatic N) is 4. The number of aliphatic hydroxyl groups excluding tert-OH is 1. The van der Waals surface area contributed by atoms with Crippen LogP contribution < -0.4 is 4.74 Å². The molecule has 4 rings (SSSR count). The Hall–Kier alpha value is -3.69. The fraction of sp³-hybridized carbons (Fsp3) is 0.200. The van der Waals surface area contributed by atoms with Gasteiger partial charge in [-0.15, -0.1) is 10.2 Å². The van der Waals surface area contributed by atoms with Crippen LogP contribution in [0.1, 0.15) is 15.9 Å². The summed E-state index contributed by atoms with van der Waals surface area (Å²) in [5.74, 6) is 1.24. The number of hydrogen-bond acceptors (Lipinski definition) is 8. The molecule has 0 saturated carbocycles. The van der Waals surface area contributed by atoms with Crippen molar-refractivity contribution in [3.05, 3.63) is 90.3 Å². The van der Waals surface area contributed by atoms with E-state index < -0.39 is 12.1 Å². The van der Waals surface area contributed by atoms with Gasteiger partial charge in [0.05, 0.1) is 25.3 Å². The maximum Gasteiger partial charge on any atom is 0.337 e. The van der Waals surface area contributed by atoms with Crippen molar-refractivity contribution in [3.63, 3.8) is 0 Å². The average molecular weight is 477 g/mol. The number of aromatic nitrogens is 4. The zero-order valence-corrected chi connectivity index (χ0v) is 19.4. The number of esters is 1. The number of rotatable bonds is 10. The molecule has 2 aromatic carbocycles. The van der Waals surface area contributed by atoms with Crippen LogP contribution in [-0.2, 0) is 11.3 Å². The van der Waals surface area contributed by atoms with Gasteiger partial charge in [-0.25, -0.2) is 4.79 Å². The van der Waals surface area contributed by atoms with E-state index in [-0.39, 0.29) is 6.61 Å². The maximum atomic E-state index is 11.5. The Morgan fingerprint density at radius 2 is 1.85 bits per heavy atom. The highest BCUT2D eigenvalue weighted by atomic mass is 32.2. The molecule has 0 aliphatic carbocycles. The lowest BCUT2D eigenvalue weighted by Crippen LogP contribution is -2.20. The van der Waals surface area contributed by atoms with Crippen LogP contribution in [-0.4, -0.2) is 56.4 Å². The summed E-state index contributed by atoms with van der Waals surface area (Å²) in [6, 6.07) is 20.5. The molecule has 0 fully saturated rings. The van der Waals surface area contributed by atoms with E-state index in [4.69, 9.17) is 4.74 Å². The molecule has 1 atom stereocenters. The molecule has 1 unspecified atom stereocenters. The summed E-state index contributed by atoms with van der Waals surface area (Å²) >= 11 is 1.41. The van der Waals surface area contributed by atoms with Crippen molar-refractivity contribution in [2.24, 2.45) is 0 Å². The third-order valence-corrected chi connectivity index (χ3v) is 6.05. The van der Waals surface area contributed by atoms with Gasteiger partial charge in [-0.2, -0.15) is 0 Å². The first-order valence-electron chi connectivity index (χ1n) is 10.6. The van der Waals surface area contributed by atoms with Crippen LogP contribution in [0.2, 0.25) is 0 Å². The molecule has 8 nitrogen and oxygen atoms in total. The van der Waals surface area contributed by atoms with Crippen LogP contribution in [0.15, 0.2) is 84.3 Å². The Labute approximate surface area is 201 Å². The van der Waals surface area contributed by atoms with Gasteiger partial charge in [-0.05, 0) is 42.0 Å². The zero-order valence-electron chi connectivity index (χ0n) is 18.6. The molecule has 0 aliphatic rings. The Morgan fingerprint density at radius 1 is 1.06 bits per heavy atom. The second kappa shape index (κ2) is 11.4. The predicted octanol–water partition coefficient (Wildman–Crippen LogP) is 3.71. The largest absolute Gasteiger partial charge is 0.491 e. The van der Waals surface area contributed by atoms with Gasteiger partial charge >= 0.3 is 5.97 Å².